The first-order chi connectivity index (χ1) is 21.0. The molecule has 0 aromatic carbocycles. The number of ketones is 1. The highest BCUT2D eigenvalue weighted by Crippen LogP contribution is 2.13. The van der Waals surface area contributed by atoms with Crippen molar-refractivity contribution < 1.29 is 9.59 Å². The third-order valence-corrected chi connectivity index (χ3v) is 8.61. The van der Waals surface area contributed by atoms with Crippen LogP contribution >= 0.6 is 0 Å². The van der Waals surface area contributed by atoms with E-state index in [1.165, 1.54) is 103 Å². The summed E-state index contributed by atoms with van der Waals surface area (Å²) in [5.74, 6) is 0.639. The number of hydrogen-bond donors (Lipinski definition) is 1. The van der Waals surface area contributed by atoms with Gasteiger partial charge in [-0.25, -0.2) is 0 Å². The maximum absolute atomic E-state index is 12.1. The molecule has 0 spiro atoms. The molecular formula is C38H75N3O2. The average Bonchev–Trinajstić information content (AvgIpc) is 3.00. The molecule has 0 saturated carbocycles. The molecule has 0 saturated heterocycles. The highest BCUT2D eigenvalue weighted by molar-refractivity contribution is 5.78. The van der Waals surface area contributed by atoms with E-state index in [1.54, 1.807) is 0 Å². The van der Waals surface area contributed by atoms with Crippen LogP contribution in [-0.4, -0.2) is 68.3 Å². The molecule has 0 bridgehead atoms. The van der Waals surface area contributed by atoms with Crippen LogP contribution < -0.4 is 5.32 Å². The molecule has 0 radical (unpaired) electrons. The fourth-order valence-electron chi connectivity index (χ4n) is 5.67. The van der Waals surface area contributed by atoms with Crippen LogP contribution in [0.1, 0.15) is 174 Å². The molecule has 0 aliphatic rings. The summed E-state index contributed by atoms with van der Waals surface area (Å²) in [5.41, 5.74) is 0. The first-order valence-corrected chi connectivity index (χ1v) is 18.8. The highest BCUT2D eigenvalue weighted by Gasteiger charge is 2.05. The number of hydrogen-bond acceptors (Lipinski definition) is 4. The van der Waals surface area contributed by atoms with Crippen LogP contribution in [0.5, 0.6) is 0 Å². The molecule has 5 heteroatoms. The van der Waals surface area contributed by atoms with Gasteiger partial charge in [-0.1, -0.05) is 116 Å². The molecule has 5 nitrogen and oxygen atoms in total. The topological polar surface area (TPSA) is 52.7 Å². The van der Waals surface area contributed by atoms with Gasteiger partial charge in [-0.2, -0.15) is 0 Å². The molecule has 0 heterocycles. The Balaban J connectivity index is 3.42. The lowest BCUT2D eigenvalue weighted by Gasteiger charge is -2.19. The van der Waals surface area contributed by atoms with Crippen molar-refractivity contribution >= 4 is 11.7 Å². The van der Waals surface area contributed by atoms with Crippen LogP contribution in [0, 0.1) is 0 Å². The number of Topliss-reactive ketones (excluding diaryl/α,β-unsaturated/α-hetero) is 1. The van der Waals surface area contributed by atoms with Crippen molar-refractivity contribution in [2.75, 3.05) is 46.8 Å². The van der Waals surface area contributed by atoms with Gasteiger partial charge in [0.25, 0.3) is 0 Å². The molecule has 0 aliphatic heterocycles. The van der Waals surface area contributed by atoms with Gasteiger partial charge in [-0.3, -0.25) is 9.59 Å². The summed E-state index contributed by atoms with van der Waals surface area (Å²) in [6.07, 6.45) is 34.3. The number of nitrogens with zero attached hydrogens (tertiary/aromatic N) is 2. The van der Waals surface area contributed by atoms with Gasteiger partial charge in [0.05, 0.1) is 0 Å². The van der Waals surface area contributed by atoms with E-state index in [0.29, 0.717) is 18.6 Å². The number of allylic oxidation sites excluding steroid dienone is 2. The Bertz CT molecular complexity index is 637. The zero-order valence-electron chi connectivity index (χ0n) is 29.6. The van der Waals surface area contributed by atoms with Crippen molar-refractivity contribution in [3.05, 3.63) is 12.2 Å². The standard InChI is InChI=1S/C38H75N3O2/c1-5-7-9-11-12-13-14-15-16-17-18-19-20-21-23-31-38(43)39-32-28-36-41(4)35-27-26-34-40(3)33-25-24-30-37(42)29-22-10-8-6-2/h8,10H,5-7,9,11-36H2,1-4H3,(H,39,43)/b10-8-. The minimum absolute atomic E-state index is 0.230. The Morgan fingerprint density at radius 2 is 0.953 bits per heavy atom. The summed E-state index contributed by atoms with van der Waals surface area (Å²) in [5, 5.41) is 3.12. The minimum Gasteiger partial charge on any atom is -0.356 e. The van der Waals surface area contributed by atoms with E-state index >= 15 is 0 Å². The van der Waals surface area contributed by atoms with E-state index in [-0.39, 0.29) is 5.91 Å². The summed E-state index contributed by atoms with van der Waals surface area (Å²) < 4.78 is 0. The maximum Gasteiger partial charge on any atom is 0.219 e. The molecule has 0 unspecified atom stereocenters. The van der Waals surface area contributed by atoms with Crippen molar-refractivity contribution in [2.45, 2.75) is 174 Å². The fourth-order valence-corrected chi connectivity index (χ4v) is 5.67. The van der Waals surface area contributed by atoms with E-state index in [4.69, 9.17) is 0 Å². The lowest BCUT2D eigenvalue weighted by atomic mass is 10.0. The van der Waals surface area contributed by atoms with E-state index in [9.17, 15) is 9.59 Å². The average molecular weight is 606 g/mol. The maximum atomic E-state index is 12.1. The van der Waals surface area contributed by atoms with E-state index < -0.39 is 0 Å². The van der Waals surface area contributed by atoms with Crippen LogP contribution in [0.25, 0.3) is 0 Å². The van der Waals surface area contributed by atoms with Crippen molar-refractivity contribution in [3.63, 3.8) is 0 Å². The number of rotatable bonds is 34. The summed E-state index contributed by atoms with van der Waals surface area (Å²) in [7, 11) is 4.39. The molecule has 0 rings (SSSR count). The number of carbonyl (C=O) groups excluding carboxylic acids is 2. The van der Waals surface area contributed by atoms with E-state index in [2.05, 4.69) is 55.2 Å². The van der Waals surface area contributed by atoms with E-state index in [1.807, 2.05) is 0 Å². The van der Waals surface area contributed by atoms with Crippen LogP contribution in [0.4, 0.5) is 0 Å². The minimum atomic E-state index is 0.230. The second-order valence-corrected chi connectivity index (χ2v) is 13.1. The molecule has 0 aromatic heterocycles. The normalized spacial score (nSPS) is 11.8. The van der Waals surface area contributed by atoms with Crippen molar-refractivity contribution in [1.29, 1.82) is 0 Å². The van der Waals surface area contributed by atoms with Gasteiger partial charge in [0.2, 0.25) is 5.91 Å². The van der Waals surface area contributed by atoms with Crippen LogP contribution in [-0.2, 0) is 9.59 Å². The molecule has 43 heavy (non-hydrogen) atoms. The number of carbonyl (C=O) groups is 2. The largest absolute Gasteiger partial charge is 0.356 e. The number of amides is 1. The Labute approximate surface area is 269 Å². The SMILES string of the molecule is CC/C=C\CCC(=O)CCCCN(C)CCCCN(C)CCCNC(=O)CCCCCCCCCCCCCCCCC. The Hall–Kier alpha value is -1.20. The second-order valence-electron chi connectivity index (χ2n) is 13.1. The third kappa shape index (κ3) is 33.5. The lowest BCUT2D eigenvalue weighted by molar-refractivity contribution is -0.121. The van der Waals surface area contributed by atoms with Crippen LogP contribution in [0.15, 0.2) is 12.2 Å². The Morgan fingerprint density at radius 1 is 0.512 bits per heavy atom. The Morgan fingerprint density at radius 3 is 1.47 bits per heavy atom. The van der Waals surface area contributed by atoms with Gasteiger partial charge in [-0.15, -0.1) is 0 Å². The van der Waals surface area contributed by atoms with Gasteiger partial charge in [0.15, 0.2) is 0 Å². The first kappa shape index (κ1) is 41.8. The van der Waals surface area contributed by atoms with Gasteiger partial charge in [-0.05, 0) is 91.6 Å². The summed E-state index contributed by atoms with van der Waals surface area (Å²) in [4.78, 5) is 28.9. The quantitative estimate of drug-likeness (QED) is 0.0586. The molecule has 1 amide bonds. The fraction of sp³-hybridized carbons (Fsp3) is 0.895. The van der Waals surface area contributed by atoms with Gasteiger partial charge >= 0.3 is 0 Å². The molecular weight excluding hydrogens is 530 g/mol. The predicted molar refractivity (Wildman–Crippen MR) is 189 cm³/mol. The zero-order valence-corrected chi connectivity index (χ0v) is 29.6. The number of unbranched alkanes of at least 4 members (excludes halogenated alkanes) is 16. The third-order valence-electron chi connectivity index (χ3n) is 8.61. The molecule has 0 fully saturated rings. The van der Waals surface area contributed by atoms with Crippen LogP contribution in [0.3, 0.4) is 0 Å². The molecule has 1 N–H and O–H groups in total. The zero-order chi connectivity index (χ0) is 31.6. The first-order valence-electron chi connectivity index (χ1n) is 18.8. The smallest absolute Gasteiger partial charge is 0.219 e. The molecule has 254 valence electrons. The van der Waals surface area contributed by atoms with Gasteiger partial charge < -0.3 is 15.1 Å². The lowest BCUT2D eigenvalue weighted by Crippen LogP contribution is -2.29. The molecule has 0 aromatic rings. The predicted octanol–water partition coefficient (Wildman–Crippen LogP) is 9.88. The van der Waals surface area contributed by atoms with Crippen molar-refractivity contribution in [2.24, 2.45) is 0 Å². The summed E-state index contributed by atoms with van der Waals surface area (Å²) in [6, 6.07) is 0. The molecule has 0 atom stereocenters. The second kappa shape index (κ2) is 33.7. The Kier molecular flexibility index (Phi) is 32.7. The van der Waals surface area contributed by atoms with E-state index in [0.717, 1.165) is 77.7 Å². The molecule has 0 aliphatic carbocycles. The summed E-state index contributed by atoms with van der Waals surface area (Å²) in [6.45, 7) is 9.56. The summed E-state index contributed by atoms with van der Waals surface area (Å²) >= 11 is 0. The van der Waals surface area contributed by atoms with Gasteiger partial charge in [0, 0.05) is 25.8 Å². The number of nitrogens with one attached hydrogen (secondary N) is 1. The van der Waals surface area contributed by atoms with Crippen molar-refractivity contribution in [1.82, 2.24) is 15.1 Å². The highest BCUT2D eigenvalue weighted by atomic mass is 16.1. The van der Waals surface area contributed by atoms with Crippen LogP contribution in [0.2, 0.25) is 0 Å². The van der Waals surface area contributed by atoms with Crippen molar-refractivity contribution in [3.8, 4) is 0 Å². The van der Waals surface area contributed by atoms with Gasteiger partial charge in [0.1, 0.15) is 5.78 Å². The monoisotopic (exact) mass is 606 g/mol.